The fraction of sp³-hybridized carbons (Fsp3) is 0.500. The lowest BCUT2D eigenvalue weighted by Crippen LogP contribution is -2.10. The highest BCUT2D eigenvalue weighted by atomic mass is 32.2. The SMILES string of the molecule is CCCNc1cc(NC(C)c2nc(C)cs2)nc(SC)n1. The number of anilines is 2. The van der Waals surface area contributed by atoms with Crippen LogP contribution in [0.25, 0.3) is 0 Å². The molecule has 1 unspecified atom stereocenters. The summed E-state index contributed by atoms with van der Waals surface area (Å²) in [5.41, 5.74) is 1.06. The summed E-state index contributed by atoms with van der Waals surface area (Å²) in [6.07, 6.45) is 3.05. The molecule has 0 fully saturated rings. The van der Waals surface area contributed by atoms with E-state index >= 15 is 0 Å². The van der Waals surface area contributed by atoms with Gasteiger partial charge in [0.2, 0.25) is 0 Å². The van der Waals surface area contributed by atoms with Crippen molar-refractivity contribution in [2.24, 2.45) is 0 Å². The number of rotatable bonds is 7. The van der Waals surface area contributed by atoms with Gasteiger partial charge in [-0.3, -0.25) is 0 Å². The van der Waals surface area contributed by atoms with Gasteiger partial charge in [0.1, 0.15) is 16.6 Å². The van der Waals surface area contributed by atoms with E-state index in [1.807, 2.05) is 19.2 Å². The predicted octanol–water partition coefficient (Wildman–Crippen LogP) is 3.96. The van der Waals surface area contributed by atoms with Crippen LogP contribution in [0.5, 0.6) is 0 Å². The zero-order valence-electron chi connectivity index (χ0n) is 12.8. The van der Waals surface area contributed by atoms with E-state index in [9.17, 15) is 0 Å². The van der Waals surface area contributed by atoms with Gasteiger partial charge in [-0.1, -0.05) is 18.7 Å². The number of hydrogen-bond acceptors (Lipinski definition) is 7. The molecule has 5 nitrogen and oxygen atoms in total. The Morgan fingerprint density at radius 3 is 2.67 bits per heavy atom. The Balaban J connectivity index is 2.14. The van der Waals surface area contributed by atoms with Crippen LogP contribution in [0, 0.1) is 6.92 Å². The molecule has 0 saturated heterocycles. The summed E-state index contributed by atoms with van der Waals surface area (Å²) in [5.74, 6) is 1.69. The molecule has 7 heteroatoms. The smallest absolute Gasteiger partial charge is 0.191 e. The Labute approximate surface area is 134 Å². The largest absolute Gasteiger partial charge is 0.370 e. The Morgan fingerprint density at radius 1 is 1.29 bits per heavy atom. The zero-order chi connectivity index (χ0) is 15.2. The molecule has 0 spiro atoms. The molecular weight excluding hydrogens is 302 g/mol. The second kappa shape index (κ2) is 7.61. The summed E-state index contributed by atoms with van der Waals surface area (Å²) in [4.78, 5) is 13.5. The third-order valence-electron chi connectivity index (χ3n) is 2.82. The Hall–Kier alpha value is -1.34. The lowest BCUT2D eigenvalue weighted by molar-refractivity contribution is 0.839. The first-order valence-corrected chi connectivity index (χ1v) is 9.08. The topological polar surface area (TPSA) is 62.7 Å². The summed E-state index contributed by atoms with van der Waals surface area (Å²) in [7, 11) is 0. The number of hydrogen-bond donors (Lipinski definition) is 2. The van der Waals surface area contributed by atoms with Gasteiger partial charge < -0.3 is 10.6 Å². The Bertz CT molecular complexity index is 584. The molecule has 2 aromatic rings. The molecule has 0 aliphatic heterocycles. The summed E-state index contributed by atoms with van der Waals surface area (Å²) >= 11 is 3.21. The molecule has 21 heavy (non-hydrogen) atoms. The minimum atomic E-state index is 0.132. The molecule has 2 aromatic heterocycles. The van der Waals surface area contributed by atoms with Gasteiger partial charge in [0.15, 0.2) is 5.16 Å². The number of nitrogens with zero attached hydrogens (tertiary/aromatic N) is 3. The van der Waals surface area contributed by atoms with Gasteiger partial charge in [-0.25, -0.2) is 15.0 Å². The maximum atomic E-state index is 4.51. The van der Waals surface area contributed by atoms with Crippen molar-refractivity contribution in [3.8, 4) is 0 Å². The van der Waals surface area contributed by atoms with E-state index in [-0.39, 0.29) is 6.04 Å². The quantitative estimate of drug-likeness (QED) is 0.594. The number of nitrogens with one attached hydrogen (secondary N) is 2. The molecule has 2 rings (SSSR count). The van der Waals surface area contributed by atoms with Gasteiger partial charge in [-0.15, -0.1) is 11.3 Å². The number of thioether (sulfide) groups is 1. The second-order valence-electron chi connectivity index (χ2n) is 4.75. The average Bonchev–Trinajstić information content (AvgIpc) is 2.91. The highest BCUT2D eigenvalue weighted by Gasteiger charge is 2.11. The summed E-state index contributed by atoms with van der Waals surface area (Å²) in [6.45, 7) is 7.15. The van der Waals surface area contributed by atoms with E-state index in [0.717, 1.165) is 40.5 Å². The standard InChI is InChI=1S/C14H21N5S2/c1-5-6-15-11-7-12(19-14(18-11)20-4)17-10(3)13-16-9(2)8-21-13/h7-8,10H,5-6H2,1-4H3,(H2,15,17,18,19). The van der Waals surface area contributed by atoms with Crippen molar-refractivity contribution in [3.63, 3.8) is 0 Å². The van der Waals surface area contributed by atoms with Crippen LogP contribution in [-0.4, -0.2) is 27.8 Å². The molecule has 0 radical (unpaired) electrons. The minimum absolute atomic E-state index is 0.132. The van der Waals surface area contributed by atoms with Gasteiger partial charge in [0.25, 0.3) is 0 Å². The first-order chi connectivity index (χ1) is 10.1. The zero-order valence-corrected chi connectivity index (χ0v) is 14.4. The van der Waals surface area contributed by atoms with Gasteiger partial charge >= 0.3 is 0 Å². The highest BCUT2D eigenvalue weighted by molar-refractivity contribution is 7.98. The van der Waals surface area contributed by atoms with Crippen LogP contribution in [0.4, 0.5) is 11.6 Å². The molecule has 0 aliphatic rings. The van der Waals surface area contributed by atoms with Crippen molar-refractivity contribution >= 4 is 34.7 Å². The molecule has 0 bridgehead atoms. The maximum absolute atomic E-state index is 4.51. The van der Waals surface area contributed by atoms with Crippen LogP contribution in [0.2, 0.25) is 0 Å². The molecule has 114 valence electrons. The lowest BCUT2D eigenvalue weighted by atomic mass is 10.3. The fourth-order valence-corrected chi connectivity index (χ4v) is 2.97. The molecule has 1 atom stereocenters. The van der Waals surface area contributed by atoms with Crippen molar-refractivity contribution in [1.29, 1.82) is 0 Å². The van der Waals surface area contributed by atoms with Gasteiger partial charge in [-0.2, -0.15) is 0 Å². The second-order valence-corrected chi connectivity index (χ2v) is 6.41. The van der Waals surface area contributed by atoms with E-state index in [2.05, 4.69) is 44.8 Å². The first-order valence-electron chi connectivity index (χ1n) is 6.98. The van der Waals surface area contributed by atoms with Crippen molar-refractivity contribution in [2.75, 3.05) is 23.4 Å². The number of aryl methyl sites for hydroxylation is 1. The average molecular weight is 323 g/mol. The van der Waals surface area contributed by atoms with Crippen molar-refractivity contribution in [3.05, 3.63) is 22.1 Å². The Morgan fingerprint density at radius 2 is 2.05 bits per heavy atom. The molecular formula is C14H21N5S2. The normalized spacial score (nSPS) is 12.2. The van der Waals surface area contributed by atoms with Crippen molar-refractivity contribution < 1.29 is 0 Å². The van der Waals surface area contributed by atoms with Crippen LogP contribution >= 0.6 is 23.1 Å². The molecule has 0 saturated carbocycles. The van der Waals surface area contributed by atoms with Crippen LogP contribution in [0.15, 0.2) is 16.6 Å². The van der Waals surface area contributed by atoms with Gasteiger partial charge in [0.05, 0.1) is 6.04 Å². The molecule has 2 N–H and O–H groups in total. The Kier molecular flexibility index (Phi) is 5.81. The number of thiazole rings is 1. The van der Waals surface area contributed by atoms with Crippen molar-refractivity contribution in [1.82, 2.24) is 15.0 Å². The molecule has 0 amide bonds. The fourth-order valence-electron chi connectivity index (χ4n) is 1.79. The summed E-state index contributed by atoms with van der Waals surface area (Å²) < 4.78 is 0. The minimum Gasteiger partial charge on any atom is -0.370 e. The van der Waals surface area contributed by atoms with E-state index in [0.29, 0.717) is 0 Å². The van der Waals surface area contributed by atoms with E-state index in [4.69, 9.17) is 0 Å². The highest BCUT2D eigenvalue weighted by Crippen LogP contribution is 2.24. The van der Waals surface area contributed by atoms with Gasteiger partial charge in [-0.05, 0) is 26.5 Å². The van der Waals surface area contributed by atoms with Crippen LogP contribution in [0.3, 0.4) is 0 Å². The van der Waals surface area contributed by atoms with Crippen LogP contribution in [-0.2, 0) is 0 Å². The first kappa shape index (κ1) is 16.0. The van der Waals surface area contributed by atoms with Crippen LogP contribution in [0.1, 0.15) is 37.0 Å². The van der Waals surface area contributed by atoms with E-state index < -0.39 is 0 Å². The van der Waals surface area contributed by atoms with Crippen LogP contribution < -0.4 is 10.6 Å². The summed E-state index contributed by atoms with van der Waals surface area (Å²) in [5, 5.41) is 10.6. The molecule has 0 aliphatic carbocycles. The predicted molar refractivity (Wildman–Crippen MR) is 91.5 cm³/mol. The third kappa shape index (κ3) is 4.57. The number of aromatic nitrogens is 3. The monoisotopic (exact) mass is 323 g/mol. The maximum Gasteiger partial charge on any atom is 0.191 e. The molecule has 0 aromatic carbocycles. The van der Waals surface area contributed by atoms with Crippen molar-refractivity contribution in [2.45, 2.75) is 38.4 Å². The lowest BCUT2D eigenvalue weighted by Gasteiger charge is -2.14. The van der Waals surface area contributed by atoms with Gasteiger partial charge in [0, 0.05) is 23.7 Å². The molecule has 2 heterocycles. The third-order valence-corrected chi connectivity index (χ3v) is 4.51. The summed E-state index contributed by atoms with van der Waals surface area (Å²) in [6, 6.07) is 2.08. The van der Waals surface area contributed by atoms with E-state index in [1.165, 1.54) is 0 Å². The van der Waals surface area contributed by atoms with E-state index in [1.54, 1.807) is 23.1 Å².